The third-order valence-corrected chi connectivity index (χ3v) is 4.48. The fourth-order valence-corrected chi connectivity index (χ4v) is 2.84. The highest BCUT2D eigenvalue weighted by atomic mass is 19.3. The molecule has 0 aromatic carbocycles. The minimum Gasteiger partial charge on any atom is -0.380 e. The molecule has 0 amide bonds. The van der Waals surface area contributed by atoms with Crippen LogP contribution >= 0.6 is 0 Å². The molecule has 3 heterocycles. The second-order valence-electron chi connectivity index (χ2n) is 7.05. The summed E-state index contributed by atoms with van der Waals surface area (Å²) in [5, 5.41) is 10.1. The summed E-state index contributed by atoms with van der Waals surface area (Å²) in [6.07, 6.45) is 2.58. The molecule has 1 fully saturated rings. The van der Waals surface area contributed by atoms with E-state index in [9.17, 15) is 13.2 Å². The Kier molecular flexibility index (Phi) is 5.27. The molecule has 1 aliphatic rings. The molecular formula is C17H23F3N6O. The summed E-state index contributed by atoms with van der Waals surface area (Å²) in [6.45, 7) is 6.41. The number of anilines is 3. The highest BCUT2D eigenvalue weighted by Crippen LogP contribution is 2.34. The Labute approximate surface area is 155 Å². The van der Waals surface area contributed by atoms with Crippen LogP contribution < -0.4 is 10.6 Å². The van der Waals surface area contributed by atoms with Crippen LogP contribution in [0.2, 0.25) is 0 Å². The van der Waals surface area contributed by atoms with Gasteiger partial charge in [0.1, 0.15) is 5.82 Å². The minimum atomic E-state index is -3.64. The standard InChI is InChI=1S/C17H23F3N6O/c1-4-21-14-12(17(19,20)7-18)5-22-15(25-14)24-13-6-23-26(11(13)2)8-16(3)9-27-10-16/h5-6H,4,7-10H2,1-3H3,(H2,21,22,24,25). The Balaban J connectivity index is 1.81. The molecule has 0 bridgehead atoms. The lowest BCUT2D eigenvalue weighted by molar-refractivity contribution is -0.111. The van der Waals surface area contributed by atoms with E-state index in [4.69, 9.17) is 4.74 Å². The molecule has 7 nitrogen and oxygen atoms in total. The smallest absolute Gasteiger partial charge is 0.306 e. The number of alkyl halides is 3. The maximum atomic E-state index is 13.8. The van der Waals surface area contributed by atoms with Crippen molar-refractivity contribution >= 4 is 17.5 Å². The molecule has 0 radical (unpaired) electrons. The summed E-state index contributed by atoms with van der Waals surface area (Å²) < 4.78 is 47.3. The van der Waals surface area contributed by atoms with E-state index in [2.05, 4.69) is 32.6 Å². The topological polar surface area (TPSA) is 76.9 Å². The first-order chi connectivity index (χ1) is 12.8. The average molecular weight is 384 g/mol. The largest absolute Gasteiger partial charge is 0.380 e. The van der Waals surface area contributed by atoms with Crippen LogP contribution in [0.3, 0.4) is 0 Å². The lowest BCUT2D eigenvalue weighted by Crippen LogP contribution is -2.43. The van der Waals surface area contributed by atoms with E-state index in [0.717, 1.165) is 11.9 Å². The van der Waals surface area contributed by atoms with Crippen LogP contribution in [0.4, 0.5) is 30.6 Å². The molecular weight excluding hydrogens is 361 g/mol. The molecule has 0 spiro atoms. The van der Waals surface area contributed by atoms with Gasteiger partial charge in [-0.3, -0.25) is 4.68 Å². The van der Waals surface area contributed by atoms with E-state index in [-0.39, 0.29) is 17.2 Å². The number of nitrogens with one attached hydrogen (secondary N) is 2. The molecule has 0 unspecified atom stereocenters. The fraction of sp³-hybridized carbons (Fsp3) is 0.588. The molecule has 0 atom stereocenters. The van der Waals surface area contributed by atoms with E-state index in [1.54, 1.807) is 13.1 Å². The van der Waals surface area contributed by atoms with E-state index >= 15 is 0 Å². The zero-order valence-corrected chi connectivity index (χ0v) is 15.5. The number of rotatable bonds is 8. The number of nitrogens with zero attached hydrogens (tertiary/aromatic N) is 4. The van der Waals surface area contributed by atoms with Crippen molar-refractivity contribution < 1.29 is 17.9 Å². The number of hydrogen-bond acceptors (Lipinski definition) is 6. The van der Waals surface area contributed by atoms with Gasteiger partial charge in [-0.2, -0.15) is 18.9 Å². The highest BCUT2D eigenvalue weighted by Gasteiger charge is 2.36. The van der Waals surface area contributed by atoms with Crippen LogP contribution in [-0.2, 0) is 17.2 Å². The van der Waals surface area contributed by atoms with Crippen LogP contribution in [0.1, 0.15) is 25.1 Å². The number of ether oxygens (including phenoxy) is 1. The lowest BCUT2D eigenvalue weighted by Gasteiger charge is -2.38. The van der Waals surface area contributed by atoms with Crippen LogP contribution in [0.25, 0.3) is 0 Å². The molecule has 3 rings (SSSR count). The second kappa shape index (κ2) is 7.34. The number of halogens is 3. The molecule has 27 heavy (non-hydrogen) atoms. The summed E-state index contributed by atoms with van der Waals surface area (Å²) in [4.78, 5) is 8.00. The van der Waals surface area contributed by atoms with Crippen molar-refractivity contribution in [1.82, 2.24) is 19.7 Å². The van der Waals surface area contributed by atoms with Gasteiger partial charge in [0.25, 0.3) is 0 Å². The monoisotopic (exact) mass is 384 g/mol. The molecule has 0 aliphatic carbocycles. The first-order valence-corrected chi connectivity index (χ1v) is 8.70. The summed E-state index contributed by atoms with van der Waals surface area (Å²) in [5.74, 6) is -3.61. The van der Waals surface area contributed by atoms with Crippen molar-refractivity contribution in [3.8, 4) is 0 Å². The van der Waals surface area contributed by atoms with Crippen molar-refractivity contribution in [3.05, 3.63) is 23.7 Å². The first-order valence-electron chi connectivity index (χ1n) is 8.70. The van der Waals surface area contributed by atoms with E-state index < -0.39 is 18.2 Å². The summed E-state index contributed by atoms with van der Waals surface area (Å²) in [5.41, 5.74) is 1.03. The second-order valence-corrected chi connectivity index (χ2v) is 7.05. The zero-order chi connectivity index (χ0) is 19.7. The van der Waals surface area contributed by atoms with Crippen molar-refractivity contribution in [2.75, 3.05) is 37.1 Å². The quantitative estimate of drug-likeness (QED) is 0.728. The summed E-state index contributed by atoms with van der Waals surface area (Å²) in [6, 6.07) is 0. The van der Waals surface area contributed by atoms with Crippen molar-refractivity contribution in [2.45, 2.75) is 33.2 Å². The average Bonchev–Trinajstić information content (AvgIpc) is 2.94. The first kappa shape index (κ1) is 19.4. The molecule has 2 N–H and O–H groups in total. The van der Waals surface area contributed by atoms with Crippen LogP contribution in [0.5, 0.6) is 0 Å². The van der Waals surface area contributed by atoms with Crippen LogP contribution in [-0.4, -0.2) is 46.2 Å². The van der Waals surface area contributed by atoms with Gasteiger partial charge < -0.3 is 15.4 Å². The lowest BCUT2D eigenvalue weighted by atomic mass is 9.89. The predicted molar refractivity (Wildman–Crippen MR) is 95.2 cm³/mol. The Morgan fingerprint density at radius 1 is 1.33 bits per heavy atom. The van der Waals surface area contributed by atoms with E-state index in [1.807, 2.05) is 11.6 Å². The maximum Gasteiger partial charge on any atom is 0.306 e. The Morgan fingerprint density at radius 2 is 2.07 bits per heavy atom. The molecule has 2 aromatic rings. The highest BCUT2D eigenvalue weighted by molar-refractivity contribution is 5.58. The maximum absolute atomic E-state index is 13.8. The molecule has 2 aromatic heterocycles. The van der Waals surface area contributed by atoms with Gasteiger partial charge in [0.05, 0.1) is 42.9 Å². The van der Waals surface area contributed by atoms with Crippen LogP contribution in [0, 0.1) is 12.3 Å². The van der Waals surface area contributed by atoms with Gasteiger partial charge in [-0.15, -0.1) is 0 Å². The van der Waals surface area contributed by atoms with Crippen molar-refractivity contribution in [1.29, 1.82) is 0 Å². The molecule has 10 heteroatoms. The predicted octanol–water partition coefficient (Wildman–Crippen LogP) is 3.25. The molecule has 1 aliphatic heterocycles. The van der Waals surface area contributed by atoms with Crippen molar-refractivity contribution in [2.24, 2.45) is 5.41 Å². The Bertz CT molecular complexity index is 806. The summed E-state index contributed by atoms with van der Waals surface area (Å²) >= 11 is 0. The van der Waals surface area contributed by atoms with Gasteiger partial charge in [-0.25, -0.2) is 9.37 Å². The van der Waals surface area contributed by atoms with Gasteiger partial charge in [-0.1, -0.05) is 6.92 Å². The molecule has 148 valence electrons. The molecule has 0 saturated carbocycles. The number of hydrogen-bond donors (Lipinski definition) is 2. The third-order valence-electron chi connectivity index (χ3n) is 4.48. The number of aromatic nitrogens is 4. The van der Waals surface area contributed by atoms with E-state index in [1.165, 1.54) is 0 Å². The van der Waals surface area contributed by atoms with Gasteiger partial charge in [-0.05, 0) is 13.8 Å². The normalized spacial score (nSPS) is 16.1. The van der Waals surface area contributed by atoms with Crippen LogP contribution in [0.15, 0.2) is 12.4 Å². The Morgan fingerprint density at radius 3 is 2.67 bits per heavy atom. The van der Waals surface area contributed by atoms with Crippen molar-refractivity contribution in [3.63, 3.8) is 0 Å². The zero-order valence-electron chi connectivity index (χ0n) is 15.5. The van der Waals surface area contributed by atoms with Gasteiger partial charge in [0.15, 0.2) is 6.67 Å². The Hall–Kier alpha value is -2.36. The van der Waals surface area contributed by atoms with Gasteiger partial charge in [0.2, 0.25) is 5.95 Å². The fourth-order valence-electron chi connectivity index (χ4n) is 2.84. The van der Waals surface area contributed by atoms with Gasteiger partial charge in [0, 0.05) is 18.2 Å². The molecule has 1 saturated heterocycles. The minimum absolute atomic E-state index is 0.0579. The van der Waals surface area contributed by atoms with Gasteiger partial charge >= 0.3 is 5.92 Å². The third kappa shape index (κ3) is 4.00. The SMILES string of the molecule is CCNc1nc(Nc2cnn(CC3(C)COC3)c2C)ncc1C(F)(F)CF. The summed E-state index contributed by atoms with van der Waals surface area (Å²) in [7, 11) is 0. The van der Waals surface area contributed by atoms with E-state index in [0.29, 0.717) is 32.0 Å².